The monoisotopic (exact) mass is 528 g/mol. The molecule has 0 aliphatic heterocycles. The SMILES string of the molecule is CC(C)C(=O)c1ccccc1C(C)C.CC(C)Cc1ccccc1C(C)C.CC(C)c1ccccc1C(C)C. The Morgan fingerprint density at radius 1 is 0.487 bits per heavy atom. The van der Waals surface area contributed by atoms with Crippen LogP contribution in [-0.2, 0) is 6.42 Å². The summed E-state index contributed by atoms with van der Waals surface area (Å²) < 4.78 is 0. The number of ketones is 1. The predicted octanol–water partition coefficient (Wildman–Crippen LogP) is 11.6. The molecule has 0 fully saturated rings. The predicted molar refractivity (Wildman–Crippen MR) is 173 cm³/mol. The van der Waals surface area contributed by atoms with E-state index in [-0.39, 0.29) is 11.7 Å². The van der Waals surface area contributed by atoms with Crippen molar-refractivity contribution in [3.8, 4) is 0 Å². The molecule has 3 aromatic rings. The average molecular weight is 529 g/mol. The van der Waals surface area contributed by atoms with Gasteiger partial charge < -0.3 is 0 Å². The van der Waals surface area contributed by atoms with Crippen LogP contribution < -0.4 is 0 Å². The highest BCUT2D eigenvalue weighted by atomic mass is 16.1. The van der Waals surface area contributed by atoms with Crippen LogP contribution in [-0.4, -0.2) is 5.78 Å². The van der Waals surface area contributed by atoms with Crippen molar-refractivity contribution in [1.29, 1.82) is 0 Å². The number of hydrogen-bond donors (Lipinski definition) is 0. The maximum atomic E-state index is 11.9. The molecule has 3 aromatic carbocycles. The van der Waals surface area contributed by atoms with Gasteiger partial charge in [0.05, 0.1) is 0 Å². The second-order valence-corrected chi connectivity index (χ2v) is 12.7. The van der Waals surface area contributed by atoms with Crippen LogP contribution in [0.3, 0.4) is 0 Å². The van der Waals surface area contributed by atoms with Gasteiger partial charge in [0.15, 0.2) is 5.78 Å². The summed E-state index contributed by atoms with van der Waals surface area (Å²) in [5, 5.41) is 0. The lowest BCUT2D eigenvalue weighted by molar-refractivity contribution is 0.0938. The Balaban J connectivity index is 0.000000293. The van der Waals surface area contributed by atoms with E-state index >= 15 is 0 Å². The number of benzene rings is 3. The quantitative estimate of drug-likeness (QED) is 0.266. The van der Waals surface area contributed by atoms with Gasteiger partial charge in [-0.15, -0.1) is 0 Å². The molecule has 1 nitrogen and oxygen atoms in total. The van der Waals surface area contributed by atoms with Crippen molar-refractivity contribution in [1.82, 2.24) is 0 Å². The maximum Gasteiger partial charge on any atom is 0.165 e. The number of hydrogen-bond acceptors (Lipinski definition) is 1. The van der Waals surface area contributed by atoms with Crippen LogP contribution in [0, 0.1) is 11.8 Å². The van der Waals surface area contributed by atoms with Crippen molar-refractivity contribution in [3.05, 3.63) is 106 Å². The molecule has 3 rings (SSSR count). The minimum Gasteiger partial charge on any atom is -0.294 e. The maximum absolute atomic E-state index is 11.9. The van der Waals surface area contributed by atoms with Crippen LogP contribution in [0.2, 0.25) is 0 Å². The fraction of sp³-hybridized carbons (Fsp3) is 0.500. The molecule has 0 aliphatic carbocycles. The molecule has 1 heteroatoms. The minimum atomic E-state index is 0.0786. The van der Waals surface area contributed by atoms with E-state index in [0.717, 1.165) is 17.0 Å². The molecule has 0 bridgehead atoms. The Morgan fingerprint density at radius 2 is 0.846 bits per heavy atom. The lowest BCUT2D eigenvalue weighted by atomic mass is 9.91. The second-order valence-electron chi connectivity index (χ2n) is 12.7. The smallest absolute Gasteiger partial charge is 0.165 e. The molecule has 0 saturated heterocycles. The molecule has 0 spiro atoms. The Bertz CT molecular complexity index is 1090. The van der Waals surface area contributed by atoms with Crippen molar-refractivity contribution in [2.24, 2.45) is 11.8 Å². The molecule has 0 aromatic heterocycles. The summed E-state index contributed by atoms with van der Waals surface area (Å²) in [6.45, 7) is 26.2. The van der Waals surface area contributed by atoms with E-state index in [1.54, 1.807) is 0 Å². The summed E-state index contributed by atoms with van der Waals surface area (Å²) in [6, 6.07) is 25.4. The minimum absolute atomic E-state index is 0.0786. The highest BCUT2D eigenvalue weighted by molar-refractivity contribution is 5.98. The lowest BCUT2D eigenvalue weighted by Crippen LogP contribution is -2.10. The normalized spacial score (nSPS) is 11.1. The van der Waals surface area contributed by atoms with Crippen LogP contribution in [0.4, 0.5) is 0 Å². The number of carbonyl (C=O) groups excluding carboxylic acids is 1. The summed E-state index contributed by atoms with van der Waals surface area (Å²) in [6.07, 6.45) is 1.20. The highest BCUT2D eigenvalue weighted by Gasteiger charge is 2.15. The van der Waals surface area contributed by atoms with Gasteiger partial charge >= 0.3 is 0 Å². The van der Waals surface area contributed by atoms with Gasteiger partial charge in [0, 0.05) is 11.5 Å². The van der Waals surface area contributed by atoms with Crippen molar-refractivity contribution >= 4 is 5.78 Å². The molecule has 0 radical (unpaired) electrons. The van der Waals surface area contributed by atoms with E-state index in [0.29, 0.717) is 23.7 Å². The van der Waals surface area contributed by atoms with Gasteiger partial charge in [0.2, 0.25) is 0 Å². The van der Waals surface area contributed by atoms with Gasteiger partial charge in [-0.1, -0.05) is 156 Å². The second kappa shape index (κ2) is 17.1. The zero-order chi connectivity index (χ0) is 29.7. The van der Waals surface area contributed by atoms with Gasteiger partial charge in [-0.3, -0.25) is 4.79 Å². The molecular formula is C38H56O. The first-order chi connectivity index (χ1) is 18.3. The average Bonchev–Trinajstić information content (AvgIpc) is 2.88. The summed E-state index contributed by atoms with van der Waals surface area (Å²) in [5.41, 5.74) is 8.06. The van der Waals surface area contributed by atoms with Gasteiger partial charge in [-0.25, -0.2) is 0 Å². The van der Waals surface area contributed by atoms with Crippen molar-refractivity contribution in [2.75, 3.05) is 0 Å². The number of carbonyl (C=O) groups is 1. The molecule has 0 heterocycles. The molecule has 0 unspecified atom stereocenters. The Kier molecular flexibility index (Phi) is 15.1. The van der Waals surface area contributed by atoms with Crippen LogP contribution in [0.15, 0.2) is 72.8 Å². The highest BCUT2D eigenvalue weighted by Crippen LogP contribution is 2.25. The van der Waals surface area contributed by atoms with Crippen LogP contribution in [0.25, 0.3) is 0 Å². The molecular weight excluding hydrogens is 472 g/mol. The molecule has 39 heavy (non-hydrogen) atoms. The summed E-state index contributed by atoms with van der Waals surface area (Å²) in [4.78, 5) is 11.9. The molecule has 0 N–H and O–H groups in total. The molecule has 0 amide bonds. The first-order valence-electron chi connectivity index (χ1n) is 15.1. The van der Waals surface area contributed by atoms with E-state index in [1.165, 1.54) is 28.7 Å². The fourth-order valence-corrected chi connectivity index (χ4v) is 4.82. The van der Waals surface area contributed by atoms with Crippen LogP contribution >= 0.6 is 0 Å². The summed E-state index contributed by atoms with van der Waals surface area (Å²) >= 11 is 0. The van der Waals surface area contributed by atoms with E-state index in [4.69, 9.17) is 0 Å². The van der Waals surface area contributed by atoms with Gasteiger partial charge in [-0.05, 0) is 63.8 Å². The number of rotatable bonds is 8. The standard InChI is InChI=1S/C13H18O.C13H20.C12H18/c1-9(2)11-7-5-6-8-12(11)13(14)10(3)4;1-10(2)9-12-7-5-6-8-13(12)11(3)4;1-9(2)11-7-5-6-8-12(11)10(3)4/h5-10H,1-4H3;5-8,10-11H,9H2,1-4H3;5-10H,1-4H3. The molecule has 0 aliphatic rings. The zero-order valence-corrected chi connectivity index (χ0v) is 27.0. The first-order valence-corrected chi connectivity index (χ1v) is 15.1. The first kappa shape index (κ1) is 34.4. The van der Waals surface area contributed by atoms with Gasteiger partial charge in [0.25, 0.3) is 0 Å². The molecule has 0 saturated carbocycles. The Morgan fingerprint density at radius 3 is 1.23 bits per heavy atom. The lowest BCUT2D eigenvalue weighted by Gasteiger charge is -2.14. The topological polar surface area (TPSA) is 17.1 Å². The summed E-state index contributed by atoms with van der Waals surface area (Å²) in [7, 11) is 0. The zero-order valence-electron chi connectivity index (χ0n) is 27.0. The molecule has 0 atom stereocenters. The fourth-order valence-electron chi connectivity index (χ4n) is 4.82. The van der Waals surface area contributed by atoms with E-state index in [1.807, 2.05) is 38.1 Å². The van der Waals surface area contributed by atoms with Crippen molar-refractivity contribution in [2.45, 2.75) is 113 Å². The van der Waals surface area contributed by atoms with Crippen molar-refractivity contribution < 1.29 is 4.79 Å². The summed E-state index contributed by atoms with van der Waals surface area (Å²) in [5.74, 6) is 3.42. The molecule has 214 valence electrons. The Labute approximate surface area is 241 Å². The number of Topliss-reactive ketones (excluding diaryl/α,β-unsaturated/α-hetero) is 1. The van der Waals surface area contributed by atoms with E-state index < -0.39 is 0 Å². The third kappa shape index (κ3) is 11.5. The third-order valence-electron chi connectivity index (χ3n) is 6.92. The van der Waals surface area contributed by atoms with E-state index in [9.17, 15) is 4.79 Å². The largest absolute Gasteiger partial charge is 0.294 e. The van der Waals surface area contributed by atoms with Gasteiger partial charge in [-0.2, -0.15) is 0 Å². The van der Waals surface area contributed by atoms with E-state index in [2.05, 4.69) is 118 Å². The van der Waals surface area contributed by atoms with Crippen LogP contribution in [0.5, 0.6) is 0 Å². The van der Waals surface area contributed by atoms with Crippen molar-refractivity contribution in [3.63, 3.8) is 0 Å². The van der Waals surface area contributed by atoms with Crippen LogP contribution in [0.1, 0.15) is 145 Å². The van der Waals surface area contributed by atoms with Gasteiger partial charge in [0.1, 0.15) is 0 Å². The Hall–Kier alpha value is -2.67. The third-order valence-corrected chi connectivity index (χ3v) is 6.92.